The molecule has 3 nitrogen and oxygen atoms in total. The molecule has 0 radical (unpaired) electrons. The van der Waals surface area contributed by atoms with Gasteiger partial charge < -0.3 is 15.2 Å². The first-order valence-corrected chi connectivity index (χ1v) is 4.69. The van der Waals surface area contributed by atoms with Crippen LogP contribution in [0, 0.1) is 0 Å². The fourth-order valence-electron chi connectivity index (χ4n) is 2.31. The largest absolute Gasteiger partial charge is 0.388 e. The molecule has 2 rings (SSSR count). The van der Waals surface area contributed by atoms with Gasteiger partial charge in [-0.15, -0.1) is 0 Å². The number of piperidine rings is 1. The van der Waals surface area contributed by atoms with Crippen molar-refractivity contribution in [3.05, 3.63) is 0 Å². The molecule has 2 aliphatic rings. The normalized spacial score (nSPS) is 40.5. The van der Waals surface area contributed by atoms with Crippen molar-refractivity contribution in [1.29, 1.82) is 0 Å². The molecule has 70 valence electrons. The second-order valence-corrected chi connectivity index (χ2v) is 4.40. The van der Waals surface area contributed by atoms with Crippen LogP contribution in [0.5, 0.6) is 0 Å². The highest BCUT2D eigenvalue weighted by Gasteiger charge is 2.46. The standard InChI is InChI=1S/C9H17NO2/c1-8(11)6-9(12-7-8)2-4-10-5-3-9/h10-11H,2-7H2,1H3. The lowest BCUT2D eigenvalue weighted by Gasteiger charge is -2.33. The van der Waals surface area contributed by atoms with E-state index in [-0.39, 0.29) is 5.60 Å². The molecule has 2 fully saturated rings. The summed E-state index contributed by atoms with van der Waals surface area (Å²) < 4.78 is 5.71. The first-order valence-electron chi connectivity index (χ1n) is 4.69. The molecule has 0 aromatic rings. The molecule has 0 aliphatic carbocycles. The van der Waals surface area contributed by atoms with E-state index in [0.717, 1.165) is 32.4 Å². The van der Waals surface area contributed by atoms with Gasteiger partial charge in [-0.25, -0.2) is 0 Å². The van der Waals surface area contributed by atoms with E-state index in [1.165, 1.54) is 0 Å². The van der Waals surface area contributed by atoms with Crippen molar-refractivity contribution in [2.24, 2.45) is 0 Å². The minimum Gasteiger partial charge on any atom is -0.388 e. The van der Waals surface area contributed by atoms with Crippen molar-refractivity contribution >= 4 is 0 Å². The van der Waals surface area contributed by atoms with Gasteiger partial charge in [0.1, 0.15) is 0 Å². The van der Waals surface area contributed by atoms with Gasteiger partial charge in [0, 0.05) is 6.42 Å². The average Bonchev–Trinajstić information content (AvgIpc) is 2.29. The minimum absolute atomic E-state index is 0.00521. The molecule has 0 bridgehead atoms. The molecule has 3 heteroatoms. The third-order valence-corrected chi connectivity index (χ3v) is 2.91. The van der Waals surface area contributed by atoms with E-state index in [2.05, 4.69) is 5.32 Å². The lowest BCUT2D eigenvalue weighted by atomic mass is 9.85. The third-order valence-electron chi connectivity index (χ3n) is 2.91. The van der Waals surface area contributed by atoms with Crippen molar-refractivity contribution in [3.63, 3.8) is 0 Å². The number of hydrogen-bond donors (Lipinski definition) is 2. The summed E-state index contributed by atoms with van der Waals surface area (Å²) in [6, 6.07) is 0. The number of rotatable bonds is 0. The van der Waals surface area contributed by atoms with Crippen LogP contribution in [-0.2, 0) is 4.74 Å². The molecule has 1 spiro atoms. The summed E-state index contributed by atoms with van der Waals surface area (Å²) in [6.07, 6.45) is 2.90. The van der Waals surface area contributed by atoms with E-state index < -0.39 is 5.60 Å². The summed E-state index contributed by atoms with van der Waals surface area (Å²) in [7, 11) is 0. The van der Waals surface area contributed by atoms with Crippen molar-refractivity contribution in [1.82, 2.24) is 5.32 Å². The van der Waals surface area contributed by atoms with Crippen LogP contribution >= 0.6 is 0 Å². The summed E-state index contributed by atoms with van der Waals surface area (Å²) in [5.41, 5.74) is -0.591. The van der Waals surface area contributed by atoms with Gasteiger partial charge in [0.05, 0.1) is 17.8 Å². The Morgan fingerprint density at radius 3 is 2.50 bits per heavy atom. The monoisotopic (exact) mass is 171 g/mol. The quantitative estimate of drug-likeness (QED) is 0.550. The van der Waals surface area contributed by atoms with E-state index in [1.54, 1.807) is 0 Å². The third kappa shape index (κ3) is 1.49. The van der Waals surface area contributed by atoms with Crippen LogP contribution in [0.2, 0.25) is 0 Å². The van der Waals surface area contributed by atoms with Crippen LogP contribution in [0.3, 0.4) is 0 Å². The van der Waals surface area contributed by atoms with E-state index in [1.807, 2.05) is 6.92 Å². The van der Waals surface area contributed by atoms with Gasteiger partial charge in [0.15, 0.2) is 0 Å². The molecule has 1 unspecified atom stereocenters. The molecule has 2 heterocycles. The first kappa shape index (κ1) is 8.48. The van der Waals surface area contributed by atoms with Crippen LogP contribution < -0.4 is 5.32 Å². The lowest BCUT2D eigenvalue weighted by Crippen LogP contribution is -2.42. The SMILES string of the molecule is CC1(O)COC2(CCNCC2)C1. The highest BCUT2D eigenvalue weighted by atomic mass is 16.5. The van der Waals surface area contributed by atoms with Gasteiger partial charge in [0.2, 0.25) is 0 Å². The van der Waals surface area contributed by atoms with Gasteiger partial charge in [-0.1, -0.05) is 0 Å². The van der Waals surface area contributed by atoms with E-state index in [9.17, 15) is 5.11 Å². The first-order chi connectivity index (χ1) is 5.62. The molecule has 0 aromatic carbocycles. The Kier molecular flexibility index (Phi) is 1.90. The Bertz CT molecular complexity index is 173. The molecule has 0 aromatic heterocycles. The van der Waals surface area contributed by atoms with Crippen molar-refractivity contribution < 1.29 is 9.84 Å². The Morgan fingerprint density at radius 1 is 1.33 bits per heavy atom. The van der Waals surface area contributed by atoms with Crippen LogP contribution in [0.15, 0.2) is 0 Å². The number of nitrogens with one attached hydrogen (secondary N) is 1. The molecule has 12 heavy (non-hydrogen) atoms. The fourth-order valence-corrected chi connectivity index (χ4v) is 2.31. The second kappa shape index (κ2) is 2.69. The second-order valence-electron chi connectivity index (χ2n) is 4.40. The summed E-state index contributed by atoms with van der Waals surface area (Å²) in [6.45, 7) is 4.42. The Labute approximate surface area is 73.1 Å². The average molecular weight is 171 g/mol. The van der Waals surface area contributed by atoms with E-state index in [0.29, 0.717) is 6.61 Å². The summed E-state index contributed by atoms with van der Waals surface area (Å²) in [4.78, 5) is 0. The summed E-state index contributed by atoms with van der Waals surface area (Å²) >= 11 is 0. The van der Waals surface area contributed by atoms with Gasteiger partial charge in [0.25, 0.3) is 0 Å². The van der Waals surface area contributed by atoms with Crippen LogP contribution in [-0.4, -0.2) is 36.0 Å². The topological polar surface area (TPSA) is 41.5 Å². The Morgan fingerprint density at radius 2 is 2.00 bits per heavy atom. The number of ether oxygens (including phenoxy) is 1. The van der Waals surface area contributed by atoms with Gasteiger partial charge in [-0.3, -0.25) is 0 Å². The minimum atomic E-state index is -0.586. The number of hydrogen-bond acceptors (Lipinski definition) is 3. The summed E-state index contributed by atoms with van der Waals surface area (Å²) in [5.74, 6) is 0. The highest BCUT2D eigenvalue weighted by molar-refractivity contribution is 4.97. The lowest BCUT2D eigenvalue weighted by molar-refractivity contribution is -0.0250. The maximum atomic E-state index is 9.77. The van der Waals surface area contributed by atoms with Crippen LogP contribution in [0.25, 0.3) is 0 Å². The molecule has 0 saturated carbocycles. The molecule has 2 saturated heterocycles. The van der Waals surface area contributed by atoms with Crippen molar-refractivity contribution in [2.75, 3.05) is 19.7 Å². The van der Waals surface area contributed by atoms with Gasteiger partial charge in [-0.2, -0.15) is 0 Å². The van der Waals surface area contributed by atoms with Crippen molar-refractivity contribution in [3.8, 4) is 0 Å². The molecule has 1 atom stereocenters. The van der Waals surface area contributed by atoms with Gasteiger partial charge in [-0.05, 0) is 32.9 Å². The fraction of sp³-hybridized carbons (Fsp3) is 1.00. The highest BCUT2D eigenvalue weighted by Crippen LogP contribution is 2.38. The smallest absolute Gasteiger partial charge is 0.0879 e. The predicted octanol–water partition coefficient (Wildman–Crippen LogP) is 0.280. The molecule has 2 aliphatic heterocycles. The van der Waals surface area contributed by atoms with Crippen molar-refractivity contribution in [2.45, 2.75) is 37.4 Å². The van der Waals surface area contributed by atoms with E-state index >= 15 is 0 Å². The molecule has 2 N–H and O–H groups in total. The molecular weight excluding hydrogens is 154 g/mol. The number of aliphatic hydroxyl groups is 1. The Hall–Kier alpha value is -0.120. The zero-order valence-corrected chi connectivity index (χ0v) is 7.60. The maximum Gasteiger partial charge on any atom is 0.0879 e. The maximum absolute atomic E-state index is 9.77. The summed E-state index contributed by atoms with van der Waals surface area (Å²) in [5, 5.41) is 13.1. The van der Waals surface area contributed by atoms with Crippen LogP contribution in [0.4, 0.5) is 0 Å². The van der Waals surface area contributed by atoms with Gasteiger partial charge >= 0.3 is 0 Å². The van der Waals surface area contributed by atoms with Crippen LogP contribution in [0.1, 0.15) is 26.2 Å². The molecular formula is C9H17NO2. The Balaban J connectivity index is 2.03. The molecule has 0 amide bonds. The zero-order chi connectivity index (χ0) is 8.66. The van der Waals surface area contributed by atoms with E-state index in [4.69, 9.17) is 4.74 Å². The predicted molar refractivity (Wildman–Crippen MR) is 46.0 cm³/mol. The zero-order valence-electron chi connectivity index (χ0n) is 7.60.